The van der Waals surface area contributed by atoms with E-state index in [1.54, 1.807) is 7.11 Å². The minimum absolute atomic E-state index is 0.0152. The van der Waals surface area contributed by atoms with Crippen LogP contribution in [-0.4, -0.2) is 54.1 Å². The molecule has 0 unspecified atom stereocenters. The summed E-state index contributed by atoms with van der Waals surface area (Å²) in [5.41, 5.74) is 4.03. The second kappa shape index (κ2) is 6.94. The van der Waals surface area contributed by atoms with E-state index in [9.17, 15) is 4.79 Å². The second-order valence-electron chi connectivity index (χ2n) is 6.93. The van der Waals surface area contributed by atoms with Crippen LogP contribution in [-0.2, 0) is 12.8 Å². The van der Waals surface area contributed by atoms with Gasteiger partial charge in [0.05, 0.1) is 7.11 Å². The average Bonchev–Trinajstić information content (AvgIpc) is 3.14. The van der Waals surface area contributed by atoms with Crippen LogP contribution in [0.4, 0.5) is 5.82 Å². The van der Waals surface area contributed by atoms with Crippen molar-refractivity contribution in [3.05, 3.63) is 46.8 Å². The molecule has 1 amide bonds. The van der Waals surface area contributed by atoms with Crippen LogP contribution in [0, 0.1) is 6.92 Å². The third-order valence-electron chi connectivity index (χ3n) is 5.29. The van der Waals surface area contributed by atoms with Crippen molar-refractivity contribution in [2.24, 2.45) is 0 Å². The normalized spacial score (nSPS) is 16.5. The Morgan fingerprint density at radius 3 is 2.73 bits per heavy atom. The van der Waals surface area contributed by atoms with Crippen molar-refractivity contribution in [2.75, 3.05) is 38.2 Å². The lowest BCUT2D eigenvalue weighted by atomic mass is 10.1. The zero-order valence-electron chi connectivity index (χ0n) is 15.4. The summed E-state index contributed by atoms with van der Waals surface area (Å²) in [6.07, 6.45) is 4.90. The largest absolute Gasteiger partial charge is 0.480 e. The summed E-state index contributed by atoms with van der Waals surface area (Å²) in [6, 6.07) is 6.01. The van der Waals surface area contributed by atoms with Crippen LogP contribution < -0.4 is 9.64 Å². The lowest BCUT2D eigenvalue weighted by Gasteiger charge is -2.36. The quantitative estimate of drug-likeness (QED) is 0.848. The topological polar surface area (TPSA) is 58.6 Å². The highest BCUT2D eigenvalue weighted by molar-refractivity contribution is 5.96. The number of aromatic nitrogens is 2. The molecule has 1 aliphatic heterocycles. The van der Waals surface area contributed by atoms with Gasteiger partial charge in [-0.3, -0.25) is 4.79 Å². The number of rotatable bonds is 3. The van der Waals surface area contributed by atoms with E-state index in [2.05, 4.69) is 27.9 Å². The van der Waals surface area contributed by atoms with Crippen LogP contribution in [0.2, 0.25) is 0 Å². The van der Waals surface area contributed by atoms with Crippen molar-refractivity contribution < 1.29 is 9.53 Å². The molecule has 136 valence electrons. The molecule has 1 aliphatic carbocycles. The number of amides is 1. The van der Waals surface area contributed by atoms with Gasteiger partial charge in [0.25, 0.3) is 5.91 Å². The van der Waals surface area contributed by atoms with E-state index < -0.39 is 0 Å². The summed E-state index contributed by atoms with van der Waals surface area (Å²) in [4.78, 5) is 26.3. The molecular weight excluding hydrogens is 328 g/mol. The molecule has 1 fully saturated rings. The summed E-state index contributed by atoms with van der Waals surface area (Å²) in [7, 11) is 1.59. The third-order valence-corrected chi connectivity index (χ3v) is 5.29. The molecule has 0 N–H and O–H groups in total. The van der Waals surface area contributed by atoms with E-state index in [4.69, 9.17) is 4.74 Å². The molecule has 26 heavy (non-hydrogen) atoms. The lowest BCUT2D eigenvalue weighted by molar-refractivity contribution is 0.0742. The summed E-state index contributed by atoms with van der Waals surface area (Å²) in [5, 5.41) is 0. The number of ether oxygens (including phenoxy) is 1. The molecule has 6 nitrogen and oxygen atoms in total. The highest BCUT2D eigenvalue weighted by Crippen LogP contribution is 2.28. The predicted molar refractivity (Wildman–Crippen MR) is 99.9 cm³/mol. The van der Waals surface area contributed by atoms with E-state index >= 15 is 0 Å². The Morgan fingerprint density at radius 2 is 2.00 bits per heavy atom. The van der Waals surface area contributed by atoms with Gasteiger partial charge < -0.3 is 14.5 Å². The first-order valence-electron chi connectivity index (χ1n) is 9.20. The molecule has 0 radical (unpaired) electrons. The minimum atomic E-state index is 0.0152. The molecule has 2 aliphatic rings. The van der Waals surface area contributed by atoms with Crippen LogP contribution in [0.3, 0.4) is 0 Å². The molecule has 6 heteroatoms. The first kappa shape index (κ1) is 16.8. The van der Waals surface area contributed by atoms with E-state index in [0.717, 1.165) is 49.4 Å². The maximum atomic E-state index is 13.1. The highest BCUT2D eigenvalue weighted by atomic mass is 16.5. The van der Waals surface area contributed by atoms with Crippen molar-refractivity contribution in [3.63, 3.8) is 0 Å². The Morgan fingerprint density at radius 1 is 1.19 bits per heavy atom. The van der Waals surface area contributed by atoms with Crippen LogP contribution in [0.15, 0.2) is 24.4 Å². The van der Waals surface area contributed by atoms with Crippen LogP contribution in [0.1, 0.15) is 33.6 Å². The third kappa shape index (κ3) is 3.00. The van der Waals surface area contributed by atoms with Gasteiger partial charge in [0.2, 0.25) is 5.88 Å². The van der Waals surface area contributed by atoms with Gasteiger partial charge in [-0.25, -0.2) is 9.97 Å². The van der Waals surface area contributed by atoms with Gasteiger partial charge in [-0.1, -0.05) is 6.07 Å². The summed E-state index contributed by atoms with van der Waals surface area (Å²) in [6.45, 7) is 4.99. The first-order chi connectivity index (χ1) is 12.7. The van der Waals surface area contributed by atoms with Crippen molar-refractivity contribution >= 4 is 11.7 Å². The van der Waals surface area contributed by atoms with Crippen molar-refractivity contribution in [3.8, 4) is 5.88 Å². The molecule has 0 bridgehead atoms. The van der Waals surface area contributed by atoms with Gasteiger partial charge >= 0.3 is 0 Å². The maximum absolute atomic E-state index is 13.1. The second-order valence-corrected chi connectivity index (χ2v) is 6.93. The van der Waals surface area contributed by atoms with Crippen LogP contribution in [0.5, 0.6) is 5.88 Å². The number of hydrogen-bond acceptors (Lipinski definition) is 5. The van der Waals surface area contributed by atoms with Gasteiger partial charge in [0, 0.05) is 38.1 Å². The number of carbonyl (C=O) groups is 1. The van der Waals surface area contributed by atoms with Gasteiger partial charge in [0.15, 0.2) is 0 Å². The number of piperazine rings is 1. The molecule has 4 rings (SSSR count). The van der Waals surface area contributed by atoms with E-state index in [1.807, 2.05) is 23.2 Å². The molecule has 1 saturated heterocycles. The summed E-state index contributed by atoms with van der Waals surface area (Å²) < 4.78 is 5.41. The van der Waals surface area contributed by atoms with Crippen LogP contribution >= 0.6 is 0 Å². The summed E-state index contributed by atoms with van der Waals surface area (Å²) in [5.74, 6) is 1.48. The number of carbonyl (C=O) groups excluding carboxylic acids is 1. The standard InChI is InChI=1S/C20H24N4O2/c1-14-5-4-8-21-18(14)23-9-11-24(12-10-23)20(25)16-13-15-6-3-7-17(15)22-19(16)26-2/h4-5,8,13H,3,6-7,9-12H2,1-2H3. The van der Waals surface area contributed by atoms with Crippen molar-refractivity contribution in [1.29, 1.82) is 0 Å². The highest BCUT2D eigenvalue weighted by Gasteiger charge is 2.27. The number of aryl methyl sites for hydroxylation is 3. The molecule has 0 atom stereocenters. The lowest BCUT2D eigenvalue weighted by Crippen LogP contribution is -2.49. The molecule has 2 aromatic heterocycles. The van der Waals surface area contributed by atoms with Crippen LogP contribution in [0.25, 0.3) is 0 Å². The Labute approximate surface area is 153 Å². The molecule has 0 spiro atoms. The number of fused-ring (bicyclic) bond motifs is 1. The van der Waals surface area contributed by atoms with E-state index in [-0.39, 0.29) is 5.91 Å². The predicted octanol–water partition coefficient (Wildman–Crippen LogP) is 2.24. The fourth-order valence-electron chi connectivity index (χ4n) is 3.86. The smallest absolute Gasteiger partial charge is 0.259 e. The molecule has 2 aromatic rings. The van der Waals surface area contributed by atoms with Gasteiger partial charge in [-0.05, 0) is 49.4 Å². The van der Waals surface area contributed by atoms with Gasteiger partial charge in [0.1, 0.15) is 11.4 Å². The fourth-order valence-corrected chi connectivity index (χ4v) is 3.86. The Hall–Kier alpha value is -2.63. The SMILES string of the molecule is COc1nc2c(cc1C(=O)N1CCN(c3ncccc3C)CC1)CCC2. The number of nitrogens with zero attached hydrogens (tertiary/aromatic N) is 4. The number of pyridine rings is 2. The average molecular weight is 352 g/mol. The first-order valence-corrected chi connectivity index (χ1v) is 9.20. The Kier molecular flexibility index (Phi) is 4.49. The molecular formula is C20H24N4O2. The molecule has 0 aromatic carbocycles. The Bertz CT molecular complexity index is 829. The van der Waals surface area contributed by atoms with Gasteiger partial charge in [-0.15, -0.1) is 0 Å². The number of methoxy groups -OCH3 is 1. The van der Waals surface area contributed by atoms with E-state index in [0.29, 0.717) is 24.5 Å². The van der Waals surface area contributed by atoms with Gasteiger partial charge in [-0.2, -0.15) is 0 Å². The zero-order valence-corrected chi connectivity index (χ0v) is 15.4. The maximum Gasteiger partial charge on any atom is 0.259 e. The summed E-state index contributed by atoms with van der Waals surface area (Å²) >= 11 is 0. The zero-order chi connectivity index (χ0) is 18.1. The number of anilines is 1. The molecule has 3 heterocycles. The van der Waals surface area contributed by atoms with Crippen molar-refractivity contribution in [1.82, 2.24) is 14.9 Å². The van der Waals surface area contributed by atoms with Crippen molar-refractivity contribution in [2.45, 2.75) is 26.2 Å². The fraction of sp³-hybridized carbons (Fsp3) is 0.450. The number of hydrogen-bond donors (Lipinski definition) is 0. The van der Waals surface area contributed by atoms with E-state index in [1.165, 1.54) is 5.56 Å². The molecule has 0 saturated carbocycles. The minimum Gasteiger partial charge on any atom is -0.480 e. The Balaban J connectivity index is 1.50. The monoisotopic (exact) mass is 352 g/mol.